The Hall–Kier alpha value is -3.47. The topological polar surface area (TPSA) is 188 Å². The number of aliphatic carboxylic acids is 2. The van der Waals surface area contributed by atoms with Crippen LogP contribution in [0.2, 0.25) is 0 Å². The van der Waals surface area contributed by atoms with E-state index in [1.54, 1.807) is 37.3 Å². The quantitative estimate of drug-likeness (QED) is 0.200. The summed E-state index contributed by atoms with van der Waals surface area (Å²) in [6, 6.07) is 4.21. The van der Waals surface area contributed by atoms with Gasteiger partial charge in [0.1, 0.15) is 18.1 Å². The lowest BCUT2D eigenvalue weighted by molar-refractivity contribution is -0.143. The minimum atomic E-state index is -1.35. The molecule has 5 atom stereocenters. The van der Waals surface area contributed by atoms with Gasteiger partial charge in [0.2, 0.25) is 17.7 Å². The average molecular weight is 507 g/mol. The van der Waals surface area contributed by atoms with E-state index >= 15 is 0 Å². The standard InChI is InChI=1S/C25H38N4O7/c1-5-15(4)21(25(35)36)29-24(34)19(12-16-9-7-6-8-10-16)28-23(33)18(11-14(2)3)27-22(32)17(26)13-20(30)31/h6-10,14-15,17-19,21H,5,11-13,26H2,1-4H3,(H,27,32)(H,28,33)(H,29,34)(H,30,31)(H,35,36). The summed E-state index contributed by atoms with van der Waals surface area (Å²) in [5.74, 6) is -4.94. The number of nitrogens with one attached hydrogen (secondary N) is 3. The molecule has 0 aliphatic heterocycles. The Balaban J connectivity index is 3.14. The molecule has 0 spiro atoms. The fourth-order valence-electron chi connectivity index (χ4n) is 3.53. The number of carbonyl (C=O) groups excluding carboxylic acids is 3. The number of rotatable bonds is 15. The van der Waals surface area contributed by atoms with Gasteiger partial charge in [-0.2, -0.15) is 0 Å². The number of carbonyl (C=O) groups is 5. The van der Waals surface area contributed by atoms with Crippen molar-refractivity contribution in [3.05, 3.63) is 35.9 Å². The largest absolute Gasteiger partial charge is 0.481 e. The van der Waals surface area contributed by atoms with Crippen LogP contribution in [0.5, 0.6) is 0 Å². The van der Waals surface area contributed by atoms with Crippen LogP contribution in [0.1, 0.15) is 52.5 Å². The maximum Gasteiger partial charge on any atom is 0.326 e. The lowest BCUT2D eigenvalue weighted by Crippen LogP contribution is -2.58. The van der Waals surface area contributed by atoms with Crippen LogP contribution >= 0.6 is 0 Å². The summed E-state index contributed by atoms with van der Waals surface area (Å²) in [4.78, 5) is 61.3. The fourth-order valence-corrected chi connectivity index (χ4v) is 3.53. The average Bonchev–Trinajstić information content (AvgIpc) is 2.80. The van der Waals surface area contributed by atoms with E-state index < -0.39 is 60.2 Å². The van der Waals surface area contributed by atoms with E-state index in [0.29, 0.717) is 6.42 Å². The highest BCUT2D eigenvalue weighted by molar-refractivity contribution is 5.94. The van der Waals surface area contributed by atoms with Crippen molar-refractivity contribution in [1.82, 2.24) is 16.0 Å². The van der Waals surface area contributed by atoms with E-state index in [-0.39, 0.29) is 24.7 Å². The Kier molecular flexibility index (Phi) is 12.6. The molecule has 36 heavy (non-hydrogen) atoms. The normalized spacial score (nSPS) is 15.2. The van der Waals surface area contributed by atoms with Gasteiger partial charge in [0.25, 0.3) is 0 Å². The zero-order valence-corrected chi connectivity index (χ0v) is 21.2. The van der Waals surface area contributed by atoms with Gasteiger partial charge in [0.15, 0.2) is 0 Å². The molecule has 0 saturated heterocycles. The molecule has 7 N–H and O–H groups in total. The monoisotopic (exact) mass is 506 g/mol. The first-order valence-corrected chi connectivity index (χ1v) is 12.0. The van der Waals surface area contributed by atoms with Crippen molar-refractivity contribution >= 4 is 29.7 Å². The predicted molar refractivity (Wildman–Crippen MR) is 133 cm³/mol. The molecule has 0 heterocycles. The molecule has 1 rings (SSSR count). The molecular weight excluding hydrogens is 468 g/mol. The van der Waals surface area contributed by atoms with Crippen molar-refractivity contribution in [2.24, 2.45) is 17.6 Å². The van der Waals surface area contributed by atoms with Crippen LogP contribution in [0.3, 0.4) is 0 Å². The van der Waals surface area contributed by atoms with Crippen molar-refractivity contribution in [2.45, 2.75) is 77.5 Å². The van der Waals surface area contributed by atoms with Crippen LogP contribution in [0, 0.1) is 11.8 Å². The summed E-state index contributed by atoms with van der Waals surface area (Å²) >= 11 is 0. The molecule has 1 aromatic rings. The highest BCUT2D eigenvalue weighted by atomic mass is 16.4. The third-order valence-electron chi connectivity index (χ3n) is 5.76. The Morgan fingerprint density at radius 1 is 0.861 bits per heavy atom. The fraction of sp³-hybridized carbons (Fsp3) is 0.560. The van der Waals surface area contributed by atoms with Crippen molar-refractivity contribution in [3.8, 4) is 0 Å². The summed E-state index contributed by atoms with van der Waals surface area (Å²) in [5, 5.41) is 26.1. The first-order chi connectivity index (χ1) is 16.8. The second-order valence-corrected chi connectivity index (χ2v) is 9.36. The molecule has 0 fully saturated rings. The van der Waals surface area contributed by atoms with E-state index in [1.165, 1.54) is 0 Å². The summed E-state index contributed by atoms with van der Waals surface area (Å²) in [6.07, 6.45) is 0.215. The lowest BCUT2D eigenvalue weighted by atomic mass is 9.97. The number of hydrogen-bond acceptors (Lipinski definition) is 6. The molecule has 0 radical (unpaired) electrons. The van der Waals surface area contributed by atoms with Gasteiger partial charge in [0.05, 0.1) is 12.5 Å². The molecule has 0 saturated carbocycles. The van der Waals surface area contributed by atoms with E-state index in [2.05, 4.69) is 16.0 Å². The maximum atomic E-state index is 13.2. The van der Waals surface area contributed by atoms with E-state index in [9.17, 15) is 29.1 Å². The van der Waals surface area contributed by atoms with Gasteiger partial charge in [-0.3, -0.25) is 19.2 Å². The number of nitrogens with two attached hydrogens (primary N) is 1. The minimum absolute atomic E-state index is 0.0278. The van der Waals surface area contributed by atoms with Crippen LogP contribution in [-0.4, -0.2) is 64.0 Å². The zero-order chi connectivity index (χ0) is 27.4. The van der Waals surface area contributed by atoms with Gasteiger partial charge in [-0.05, 0) is 23.8 Å². The predicted octanol–water partition coefficient (Wildman–Crippen LogP) is 0.662. The van der Waals surface area contributed by atoms with E-state index in [0.717, 1.165) is 5.56 Å². The molecule has 0 aliphatic rings. The molecule has 11 heteroatoms. The van der Waals surface area contributed by atoms with E-state index in [1.807, 2.05) is 20.8 Å². The Labute approximate surface area is 211 Å². The molecule has 0 aromatic heterocycles. The second-order valence-electron chi connectivity index (χ2n) is 9.36. The third kappa shape index (κ3) is 10.4. The highest BCUT2D eigenvalue weighted by Crippen LogP contribution is 2.11. The molecular formula is C25H38N4O7. The summed E-state index contributed by atoms with van der Waals surface area (Å²) in [7, 11) is 0. The summed E-state index contributed by atoms with van der Waals surface area (Å²) < 4.78 is 0. The minimum Gasteiger partial charge on any atom is -0.481 e. The highest BCUT2D eigenvalue weighted by Gasteiger charge is 2.32. The molecule has 3 amide bonds. The van der Waals surface area contributed by atoms with Gasteiger partial charge in [-0.1, -0.05) is 64.4 Å². The summed E-state index contributed by atoms with van der Waals surface area (Å²) in [5.41, 5.74) is 6.37. The van der Waals surface area contributed by atoms with Crippen LogP contribution < -0.4 is 21.7 Å². The van der Waals surface area contributed by atoms with Crippen molar-refractivity contribution in [2.75, 3.05) is 0 Å². The number of benzene rings is 1. The van der Waals surface area contributed by atoms with Gasteiger partial charge in [-0.25, -0.2) is 4.79 Å². The van der Waals surface area contributed by atoms with Crippen molar-refractivity contribution < 1.29 is 34.2 Å². The Morgan fingerprint density at radius 2 is 1.42 bits per heavy atom. The van der Waals surface area contributed by atoms with Crippen molar-refractivity contribution in [3.63, 3.8) is 0 Å². The number of carboxylic acid groups (broad SMARTS) is 2. The Bertz CT molecular complexity index is 907. The third-order valence-corrected chi connectivity index (χ3v) is 5.76. The van der Waals surface area contributed by atoms with Crippen LogP contribution in [-0.2, 0) is 30.4 Å². The van der Waals surface area contributed by atoms with Crippen LogP contribution in [0.25, 0.3) is 0 Å². The van der Waals surface area contributed by atoms with Crippen LogP contribution in [0.4, 0.5) is 0 Å². The molecule has 5 unspecified atom stereocenters. The van der Waals surface area contributed by atoms with Gasteiger partial charge in [-0.15, -0.1) is 0 Å². The van der Waals surface area contributed by atoms with Gasteiger partial charge >= 0.3 is 11.9 Å². The SMILES string of the molecule is CCC(C)C(NC(=O)C(Cc1ccccc1)NC(=O)C(CC(C)C)NC(=O)C(N)CC(=O)O)C(=O)O. The van der Waals surface area contributed by atoms with E-state index in [4.69, 9.17) is 10.8 Å². The maximum absolute atomic E-state index is 13.2. The van der Waals surface area contributed by atoms with Crippen LogP contribution in [0.15, 0.2) is 30.3 Å². The number of hydrogen-bond donors (Lipinski definition) is 6. The molecule has 1 aromatic carbocycles. The molecule has 0 aliphatic carbocycles. The first kappa shape index (κ1) is 30.6. The smallest absolute Gasteiger partial charge is 0.326 e. The molecule has 11 nitrogen and oxygen atoms in total. The summed E-state index contributed by atoms with van der Waals surface area (Å²) in [6.45, 7) is 7.19. The molecule has 200 valence electrons. The van der Waals surface area contributed by atoms with Crippen molar-refractivity contribution in [1.29, 1.82) is 0 Å². The number of amides is 3. The van der Waals surface area contributed by atoms with Gasteiger partial charge < -0.3 is 31.9 Å². The second kappa shape index (κ2) is 14.8. The molecule has 0 bridgehead atoms. The number of carboxylic acids is 2. The zero-order valence-electron chi connectivity index (χ0n) is 21.2. The first-order valence-electron chi connectivity index (χ1n) is 12.0. The Morgan fingerprint density at radius 3 is 1.92 bits per heavy atom. The van der Waals surface area contributed by atoms with Gasteiger partial charge in [0, 0.05) is 6.42 Å². The lowest BCUT2D eigenvalue weighted by Gasteiger charge is -2.27.